The summed E-state index contributed by atoms with van der Waals surface area (Å²) in [6.45, 7) is 0.651. The molecule has 1 saturated heterocycles. The topological polar surface area (TPSA) is 49.4 Å². The highest BCUT2D eigenvalue weighted by atomic mass is 35.5. The van der Waals surface area contributed by atoms with Gasteiger partial charge in [0.25, 0.3) is 0 Å². The second-order valence-corrected chi connectivity index (χ2v) is 5.92. The van der Waals surface area contributed by atoms with E-state index in [0.717, 1.165) is 18.4 Å². The van der Waals surface area contributed by atoms with Gasteiger partial charge in [0, 0.05) is 24.0 Å². The van der Waals surface area contributed by atoms with Crippen LogP contribution in [0.1, 0.15) is 24.8 Å². The van der Waals surface area contributed by atoms with Crippen LogP contribution >= 0.6 is 11.6 Å². The van der Waals surface area contributed by atoms with Crippen molar-refractivity contribution < 1.29 is 9.59 Å². The number of nitrogens with one attached hydrogen (secondary N) is 1. The van der Waals surface area contributed by atoms with Gasteiger partial charge in [-0.15, -0.1) is 0 Å². The van der Waals surface area contributed by atoms with Crippen molar-refractivity contribution in [2.75, 3.05) is 6.54 Å². The van der Waals surface area contributed by atoms with Crippen LogP contribution in [0.3, 0.4) is 0 Å². The predicted molar refractivity (Wildman–Crippen MR) is 76.4 cm³/mol. The Morgan fingerprint density at radius 1 is 1.35 bits per heavy atom. The minimum absolute atomic E-state index is 0.0573. The fraction of sp³-hybridized carbons (Fsp3) is 0.467. The summed E-state index contributed by atoms with van der Waals surface area (Å²) in [5.74, 6) is 0.0871. The van der Waals surface area contributed by atoms with Gasteiger partial charge in [0.05, 0.1) is 12.5 Å². The highest BCUT2D eigenvalue weighted by Crippen LogP contribution is 2.30. The Labute approximate surface area is 123 Å². The lowest BCUT2D eigenvalue weighted by molar-refractivity contribution is -0.128. The van der Waals surface area contributed by atoms with Gasteiger partial charge in [0.2, 0.25) is 11.8 Å². The van der Waals surface area contributed by atoms with Crippen LogP contribution in [0.5, 0.6) is 0 Å². The van der Waals surface area contributed by atoms with Crippen LogP contribution in [-0.2, 0) is 16.0 Å². The summed E-state index contributed by atoms with van der Waals surface area (Å²) in [5.41, 5.74) is 0.815. The number of likely N-dealkylation sites (tertiary alicyclic amines) is 1. The van der Waals surface area contributed by atoms with E-state index in [9.17, 15) is 9.59 Å². The molecule has 1 atom stereocenters. The van der Waals surface area contributed by atoms with Crippen molar-refractivity contribution in [1.29, 1.82) is 0 Å². The maximum absolute atomic E-state index is 12.0. The highest BCUT2D eigenvalue weighted by Gasteiger charge is 2.39. The quantitative estimate of drug-likeness (QED) is 0.919. The monoisotopic (exact) mass is 292 g/mol. The van der Waals surface area contributed by atoms with Gasteiger partial charge in [-0.1, -0.05) is 29.8 Å². The first kappa shape index (κ1) is 13.4. The molecule has 1 aliphatic heterocycles. The largest absolute Gasteiger partial charge is 0.351 e. The SMILES string of the molecule is O=C(Cc1ccccc1Cl)N[C@@H]1CC(=O)N(C2CC2)C1. The third kappa shape index (κ3) is 2.96. The van der Waals surface area contributed by atoms with Gasteiger partial charge in [0.15, 0.2) is 0 Å². The molecule has 5 heteroatoms. The van der Waals surface area contributed by atoms with E-state index in [1.807, 2.05) is 23.1 Å². The Bertz CT molecular complexity index is 542. The summed E-state index contributed by atoms with van der Waals surface area (Å²) in [6.07, 6.45) is 2.89. The first-order chi connectivity index (χ1) is 9.63. The molecule has 106 valence electrons. The van der Waals surface area contributed by atoms with Crippen molar-refractivity contribution in [1.82, 2.24) is 10.2 Å². The van der Waals surface area contributed by atoms with Crippen LogP contribution in [0.4, 0.5) is 0 Å². The fourth-order valence-corrected chi connectivity index (χ4v) is 2.86. The molecule has 1 N–H and O–H groups in total. The minimum Gasteiger partial charge on any atom is -0.351 e. The van der Waals surface area contributed by atoms with Gasteiger partial charge in [-0.05, 0) is 24.5 Å². The highest BCUT2D eigenvalue weighted by molar-refractivity contribution is 6.31. The summed E-state index contributed by atoms with van der Waals surface area (Å²) in [7, 11) is 0. The minimum atomic E-state index is -0.0754. The molecule has 0 aromatic heterocycles. The lowest BCUT2D eigenvalue weighted by Crippen LogP contribution is -2.38. The van der Waals surface area contributed by atoms with E-state index >= 15 is 0 Å². The number of benzene rings is 1. The number of carbonyl (C=O) groups excluding carboxylic acids is 2. The lowest BCUT2D eigenvalue weighted by atomic mass is 10.1. The maximum atomic E-state index is 12.0. The van der Waals surface area contributed by atoms with E-state index in [-0.39, 0.29) is 24.3 Å². The number of rotatable bonds is 4. The molecule has 4 nitrogen and oxygen atoms in total. The van der Waals surface area contributed by atoms with Gasteiger partial charge in [-0.3, -0.25) is 9.59 Å². The van der Waals surface area contributed by atoms with Crippen molar-refractivity contribution in [2.45, 2.75) is 37.8 Å². The van der Waals surface area contributed by atoms with Gasteiger partial charge >= 0.3 is 0 Å². The Kier molecular flexibility index (Phi) is 3.66. The molecule has 2 amide bonds. The molecule has 0 unspecified atom stereocenters. The zero-order valence-electron chi connectivity index (χ0n) is 11.1. The summed E-state index contributed by atoms with van der Waals surface area (Å²) in [4.78, 5) is 25.7. The van der Waals surface area contributed by atoms with Crippen LogP contribution in [0, 0.1) is 0 Å². The van der Waals surface area contributed by atoms with Crippen LogP contribution < -0.4 is 5.32 Å². The number of carbonyl (C=O) groups is 2. The van der Waals surface area contributed by atoms with E-state index in [1.54, 1.807) is 6.07 Å². The molecule has 0 spiro atoms. The van der Waals surface area contributed by atoms with Crippen molar-refractivity contribution in [2.24, 2.45) is 0 Å². The first-order valence-corrected chi connectivity index (χ1v) is 7.33. The third-order valence-corrected chi connectivity index (χ3v) is 4.19. The number of hydrogen-bond acceptors (Lipinski definition) is 2. The van der Waals surface area contributed by atoms with Crippen LogP contribution in [-0.4, -0.2) is 35.3 Å². The Balaban J connectivity index is 1.54. The normalized spacial score (nSPS) is 22.1. The molecule has 20 heavy (non-hydrogen) atoms. The summed E-state index contributed by atoms with van der Waals surface area (Å²) in [5, 5.41) is 3.54. The van der Waals surface area contributed by atoms with Crippen LogP contribution in [0.2, 0.25) is 5.02 Å². The van der Waals surface area contributed by atoms with Gasteiger partial charge in [0.1, 0.15) is 0 Å². The molecule has 1 saturated carbocycles. The van der Waals surface area contributed by atoms with Crippen molar-refractivity contribution in [3.05, 3.63) is 34.9 Å². The van der Waals surface area contributed by atoms with E-state index in [0.29, 0.717) is 24.0 Å². The maximum Gasteiger partial charge on any atom is 0.225 e. The zero-order chi connectivity index (χ0) is 14.1. The second-order valence-electron chi connectivity index (χ2n) is 5.51. The van der Waals surface area contributed by atoms with Crippen molar-refractivity contribution in [3.8, 4) is 0 Å². The molecule has 2 aliphatic rings. The van der Waals surface area contributed by atoms with Gasteiger partial charge in [-0.25, -0.2) is 0 Å². The third-order valence-electron chi connectivity index (χ3n) is 3.82. The molecule has 3 rings (SSSR count). The van der Waals surface area contributed by atoms with Gasteiger partial charge < -0.3 is 10.2 Å². The lowest BCUT2D eigenvalue weighted by Gasteiger charge is -2.16. The average molecular weight is 293 g/mol. The molecule has 2 fully saturated rings. The summed E-state index contributed by atoms with van der Waals surface area (Å²) >= 11 is 6.04. The molecule has 1 heterocycles. The van der Waals surface area contributed by atoms with E-state index in [2.05, 4.69) is 5.32 Å². The predicted octanol–water partition coefficient (Wildman–Crippen LogP) is 1.76. The molecular formula is C15H17ClN2O2. The van der Waals surface area contributed by atoms with E-state index in [1.165, 1.54) is 0 Å². The standard InChI is InChI=1S/C15H17ClN2O2/c16-13-4-2-1-3-10(13)7-14(19)17-11-8-15(20)18(9-11)12-5-6-12/h1-4,11-12H,5-9H2,(H,17,19)/t11-/m1/s1. The zero-order valence-corrected chi connectivity index (χ0v) is 11.9. The number of amides is 2. The Morgan fingerprint density at radius 3 is 2.80 bits per heavy atom. The number of hydrogen-bond donors (Lipinski definition) is 1. The number of nitrogens with zero attached hydrogens (tertiary/aromatic N) is 1. The average Bonchev–Trinajstić information content (AvgIpc) is 3.17. The van der Waals surface area contributed by atoms with E-state index in [4.69, 9.17) is 11.6 Å². The smallest absolute Gasteiger partial charge is 0.225 e. The van der Waals surface area contributed by atoms with Crippen LogP contribution in [0.25, 0.3) is 0 Å². The second kappa shape index (κ2) is 5.44. The first-order valence-electron chi connectivity index (χ1n) is 6.95. The molecule has 1 aliphatic carbocycles. The molecule has 0 bridgehead atoms. The number of halogens is 1. The molecule has 0 radical (unpaired) electrons. The summed E-state index contributed by atoms with van der Waals surface area (Å²) in [6, 6.07) is 7.69. The van der Waals surface area contributed by atoms with Gasteiger partial charge in [-0.2, -0.15) is 0 Å². The molecule has 1 aromatic carbocycles. The molecular weight excluding hydrogens is 276 g/mol. The fourth-order valence-electron chi connectivity index (χ4n) is 2.66. The van der Waals surface area contributed by atoms with Crippen molar-refractivity contribution >= 4 is 23.4 Å². The van der Waals surface area contributed by atoms with Crippen molar-refractivity contribution in [3.63, 3.8) is 0 Å². The Morgan fingerprint density at radius 2 is 2.10 bits per heavy atom. The Hall–Kier alpha value is -1.55. The molecule has 1 aromatic rings. The van der Waals surface area contributed by atoms with E-state index < -0.39 is 0 Å². The van der Waals surface area contributed by atoms with Crippen LogP contribution in [0.15, 0.2) is 24.3 Å². The summed E-state index contributed by atoms with van der Waals surface area (Å²) < 4.78 is 0.